The van der Waals surface area contributed by atoms with Crippen LogP contribution >= 0.6 is 0 Å². The fraction of sp³-hybridized carbons (Fsp3) is 0.286. The van der Waals surface area contributed by atoms with Crippen LogP contribution in [-0.4, -0.2) is 48.6 Å². The normalized spacial score (nSPS) is 19.3. The molecule has 2 heterocycles. The van der Waals surface area contributed by atoms with Crippen molar-refractivity contribution < 1.29 is 32.2 Å². The number of ether oxygens (including phenoxy) is 3. The number of rotatable bonds is 6. The van der Waals surface area contributed by atoms with E-state index in [-0.39, 0.29) is 0 Å². The number of methoxy groups -OCH3 is 2. The zero-order chi connectivity index (χ0) is 26.2. The molecule has 0 N–H and O–H groups in total. The van der Waals surface area contributed by atoms with E-state index in [1.165, 1.54) is 11.7 Å². The van der Waals surface area contributed by atoms with Crippen LogP contribution in [0.15, 0.2) is 78.2 Å². The second-order valence-corrected chi connectivity index (χ2v) is 8.84. The van der Waals surface area contributed by atoms with Crippen molar-refractivity contribution >= 4 is 16.9 Å². The van der Waals surface area contributed by atoms with Crippen molar-refractivity contribution in [2.75, 3.05) is 20.8 Å². The highest BCUT2D eigenvalue weighted by Gasteiger charge is 2.39. The third-order valence-corrected chi connectivity index (χ3v) is 6.60. The maximum atomic E-state index is 14.1. The Morgan fingerprint density at radius 1 is 1.14 bits per heavy atom. The monoisotopic (exact) mass is 510 g/mol. The Labute approximate surface area is 211 Å². The predicted octanol–water partition coefficient (Wildman–Crippen LogP) is 6.14. The molecule has 0 saturated heterocycles. The van der Waals surface area contributed by atoms with Crippen LogP contribution in [0.5, 0.6) is 11.5 Å². The maximum absolute atomic E-state index is 14.1. The smallest absolute Gasteiger partial charge is 0.411 e. The van der Waals surface area contributed by atoms with Crippen molar-refractivity contribution in [3.8, 4) is 22.6 Å². The molecule has 6 nitrogen and oxygen atoms in total. The first-order valence-corrected chi connectivity index (χ1v) is 11.8. The molecule has 0 amide bonds. The summed E-state index contributed by atoms with van der Waals surface area (Å²) in [6.45, 7) is -1.44. The lowest BCUT2D eigenvalue weighted by Gasteiger charge is -2.31. The van der Waals surface area contributed by atoms with E-state index in [0.29, 0.717) is 29.1 Å². The summed E-state index contributed by atoms with van der Waals surface area (Å²) < 4.78 is 56.5. The molecule has 0 fully saturated rings. The number of aromatic nitrogens is 2. The molecule has 1 aromatic carbocycles. The largest absolute Gasteiger partial charge is 0.493 e. The number of fused-ring (bicyclic) bond motifs is 1. The van der Waals surface area contributed by atoms with Crippen LogP contribution in [0.1, 0.15) is 17.6 Å². The van der Waals surface area contributed by atoms with Gasteiger partial charge in [0.15, 0.2) is 11.5 Å². The van der Waals surface area contributed by atoms with E-state index in [0.717, 1.165) is 28.5 Å². The van der Waals surface area contributed by atoms with E-state index in [1.54, 1.807) is 49.9 Å². The van der Waals surface area contributed by atoms with Crippen molar-refractivity contribution in [3.63, 3.8) is 0 Å². The molecule has 2 atom stereocenters. The Morgan fingerprint density at radius 3 is 2.70 bits per heavy atom. The summed E-state index contributed by atoms with van der Waals surface area (Å²) in [4.78, 5) is 18.5. The molecule has 0 aliphatic heterocycles. The zero-order valence-electron chi connectivity index (χ0n) is 20.3. The van der Waals surface area contributed by atoms with Crippen LogP contribution in [0.3, 0.4) is 0 Å². The van der Waals surface area contributed by atoms with Gasteiger partial charge in [0.05, 0.1) is 26.2 Å². The second kappa shape index (κ2) is 9.89. The van der Waals surface area contributed by atoms with Gasteiger partial charge in [-0.15, -0.1) is 0 Å². The van der Waals surface area contributed by atoms with Gasteiger partial charge in [-0.25, -0.2) is 4.98 Å². The number of hydrogen-bond acceptors (Lipinski definition) is 5. The fourth-order valence-electron chi connectivity index (χ4n) is 4.91. The van der Waals surface area contributed by atoms with Gasteiger partial charge in [0, 0.05) is 23.3 Å². The van der Waals surface area contributed by atoms with Crippen molar-refractivity contribution in [1.82, 2.24) is 9.55 Å². The summed E-state index contributed by atoms with van der Waals surface area (Å²) >= 11 is 0. The molecule has 0 radical (unpaired) electrons. The number of nitrogens with zero attached hydrogens (tertiary/aromatic N) is 2. The first-order chi connectivity index (χ1) is 17.8. The molecule has 9 heteroatoms. The lowest BCUT2D eigenvalue weighted by atomic mass is 9.80. The predicted molar refractivity (Wildman–Crippen MR) is 133 cm³/mol. The van der Waals surface area contributed by atoms with Crippen LogP contribution in [-0.2, 0) is 4.74 Å². The molecule has 37 heavy (non-hydrogen) atoms. The molecule has 192 valence electrons. The molecule has 3 aromatic rings. The van der Waals surface area contributed by atoms with Crippen LogP contribution in [0.4, 0.5) is 13.2 Å². The molecular weight excluding hydrogens is 485 g/mol. The molecule has 0 spiro atoms. The highest BCUT2D eigenvalue weighted by molar-refractivity contribution is 6.01. The minimum Gasteiger partial charge on any atom is -0.493 e. The molecular formula is C28H25F3N2O4. The minimum atomic E-state index is -4.51. The molecule has 0 bridgehead atoms. The summed E-state index contributed by atoms with van der Waals surface area (Å²) in [5, 5.41) is 0.718. The fourth-order valence-corrected chi connectivity index (χ4v) is 4.91. The highest BCUT2D eigenvalue weighted by Crippen LogP contribution is 2.39. The third-order valence-electron chi connectivity index (χ3n) is 6.60. The van der Waals surface area contributed by atoms with Gasteiger partial charge in [0.1, 0.15) is 12.3 Å². The summed E-state index contributed by atoms with van der Waals surface area (Å²) in [7, 11) is 3.08. The number of alkyl halides is 3. The van der Waals surface area contributed by atoms with Gasteiger partial charge in [-0.1, -0.05) is 30.4 Å². The quantitative estimate of drug-likeness (QED) is 0.399. The number of allylic oxidation sites excluding steroid dienone is 4. The lowest BCUT2D eigenvalue weighted by molar-refractivity contribution is -0.183. The van der Waals surface area contributed by atoms with Gasteiger partial charge in [-0.3, -0.25) is 9.36 Å². The maximum Gasteiger partial charge on any atom is 0.411 e. The van der Waals surface area contributed by atoms with Crippen LogP contribution in [0.25, 0.3) is 22.2 Å². The van der Waals surface area contributed by atoms with Crippen molar-refractivity contribution in [2.45, 2.75) is 25.1 Å². The molecule has 0 saturated carbocycles. The highest BCUT2D eigenvalue weighted by atomic mass is 19.4. The number of carbonyl (C=O) groups excluding carboxylic acids is 1. The number of benzene rings is 1. The standard InChI is InChI=1S/C28H25F3N2O4/c1-35-22-11-10-18(14-24(22)36-2)21-15-33(26-20(21)8-5-13-32-26)27(34)25-19-7-4-3-6-17(19)9-12-23(25)37-16-28(29,30)31/h4-5,7-15,23,25H,3,6,16H2,1-2H3. The molecule has 2 aliphatic rings. The van der Waals surface area contributed by atoms with Crippen LogP contribution in [0, 0.1) is 5.92 Å². The number of halogens is 3. The molecule has 2 unspecified atom stereocenters. The SMILES string of the molecule is COc1ccc(-c2cn(C(=O)C3C4=C(C=CC3OCC(F)(F)F)CCC=C4)c3ncccc23)cc1OC. The third kappa shape index (κ3) is 4.79. The molecule has 2 aromatic heterocycles. The zero-order valence-corrected chi connectivity index (χ0v) is 20.3. The Kier molecular flexibility index (Phi) is 6.64. The average Bonchev–Trinajstić information content (AvgIpc) is 3.30. The Hall–Kier alpha value is -3.85. The van der Waals surface area contributed by atoms with Gasteiger partial charge in [-0.2, -0.15) is 13.2 Å². The topological polar surface area (TPSA) is 62.6 Å². The summed E-state index contributed by atoms with van der Waals surface area (Å²) in [6, 6.07) is 9.04. The Balaban J connectivity index is 1.60. The van der Waals surface area contributed by atoms with Crippen molar-refractivity contribution in [2.24, 2.45) is 5.92 Å². The Bertz CT molecular complexity index is 1430. The second-order valence-electron chi connectivity index (χ2n) is 8.84. The van der Waals surface area contributed by atoms with Gasteiger partial charge < -0.3 is 14.2 Å². The number of pyridine rings is 1. The molecule has 5 rings (SSSR count). The molecule has 2 aliphatic carbocycles. The van der Waals surface area contributed by atoms with Gasteiger partial charge >= 0.3 is 6.18 Å². The minimum absolute atomic E-state index is 0.406. The number of hydrogen-bond donors (Lipinski definition) is 0. The average molecular weight is 511 g/mol. The Morgan fingerprint density at radius 2 is 1.95 bits per heavy atom. The summed E-state index contributed by atoms with van der Waals surface area (Å²) in [5.41, 5.74) is 3.51. The summed E-state index contributed by atoms with van der Waals surface area (Å²) in [5.74, 6) is -0.275. The van der Waals surface area contributed by atoms with Crippen LogP contribution < -0.4 is 9.47 Å². The van der Waals surface area contributed by atoms with Gasteiger partial charge in [0.25, 0.3) is 0 Å². The van der Waals surface area contributed by atoms with E-state index in [2.05, 4.69) is 4.98 Å². The van der Waals surface area contributed by atoms with Crippen molar-refractivity contribution in [1.29, 1.82) is 0 Å². The van der Waals surface area contributed by atoms with E-state index in [1.807, 2.05) is 24.3 Å². The van der Waals surface area contributed by atoms with E-state index < -0.39 is 30.7 Å². The first-order valence-electron chi connectivity index (χ1n) is 11.8. The van der Waals surface area contributed by atoms with E-state index in [9.17, 15) is 18.0 Å². The van der Waals surface area contributed by atoms with E-state index in [4.69, 9.17) is 14.2 Å². The van der Waals surface area contributed by atoms with E-state index >= 15 is 0 Å². The summed E-state index contributed by atoms with van der Waals surface area (Å²) in [6.07, 6.45) is 6.26. The van der Waals surface area contributed by atoms with Gasteiger partial charge in [-0.05, 0) is 53.8 Å². The lowest BCUT2D eigenvalue weighted by Crippen LogP contribution is -2.38. The van der Waals surface area contributed by atoms with Gasteiger partial charge in [0.2, 0.25) is 5.91 Å². The van der Waals surface area contributed by atoms with Crippen molar-refractivity contribution in [3.05, 3.63) is 78.2 Å². The number of carbonyl (C=O) groups is 1. The first kappa shape index (κ1) is 24.8. The van der Waals surface area contributed by atoms with Crippen LogP contribution in [0.2, 0.25) is 0 Å².